The minimum absolute atomic E-state index is 0.135. The van der Waals surface area contributed by atoms with Gasteiger partial charge in [-0.2, -0.15) is 0 Å². The van der Waals surface area contributed by atoms with Crippen LogP contribution in [0.4, 0.5) is 10.1 Å². The molecule has 1 aromatic rings. The lowest BCUT2D eigenvalue weighted by atomic mass is 9.77. The Morgan fingerprint density at radius 2 is 1.75 bits per heavy atom. The number of anilines is 1. The first-order chi connectivity index (χ1) is 13.7. The fraction of sp³-hybridized carbons (Fsp3) is 0.696. The van der Waals surface area contributed by atoms with Crippen molar-refractivity contribution >= 4 is 11.6 Å². The average molecular weight is 386 g/mol. The van der Waals surface area contributed by atoms with Gasteiger partial charge in [-0.3, -0.25) is 4.79 Å². The molecule has 3 aliphatic heterocycles. The summed E-state index contributed by atoms with van der Waals surface area (Å²) in [5, 5.41) is 3.34. The van der Waals surface area contributed by atoms with Gasteiger partial charge in [0.1, 0.15) is 5.82 Å². The Balaban J connectivity index is 1.27. The van der Waals surface area contributed by atoms with Crippen LogP contribution in [0.25, 0.3) is 0 Å². The molecule has 0 radical (unpaired) electrons. The topological polar surface area (TPSA) is 35.6 Å². The number of carbonyl (C=O) groups excluding carboxylic acids is 1. The third kappa shape index (κ3) is 3.17. The molecular formula is C23H32FN3O. The van der Waals surface area contributed by atoms with E-state index in [1.165, 1.54) is 32.4 Å². The Labute approximate surface area is 167 Å². The van der Waals surface area contributed by atoms with Gasteiger partial charge < -0.3 is 15.1 Å². The Morgan fingerprint density at radius 1 is 1.00 bits per heavy atom. The number of halogens is 1. The molecule has 1 aromatic carbocycles. The second-order valence-corrected chi connectivity index (χ2v) is 9.34. The molecule has 28 heavy (non-hydrogen) atoms. The highest BCUT2D eigenvalue weighted by molar-refractivity contribution is 6.00. The summed E-state index contributed by atoms with van der Waals surface area (Å²) in [6.07, 6.45) is 8.72. The van der Waals surface area contributed by atoms with Crippen LogP contribution in [0.5, 0.6) is 0 Å². The standard InChI is InChI=1S/C23H32FN3O/c24-20-16-18(17-2-5-19(6-3-17)26-13-1-14-26)4-7-21(20)27-15-10-23(22(27)28)8-11-25-12-9-23/h4,7,16-17,19,25H,1-3,5-6,8-15H2/t17-,19-. The minimum atomic E-state index is -0.258. The van der Waals surface area contributed by atoms with E-state index in [2.05, 4.69) is 16.3 Å². The lowest BCUT2D eigenvalue weighted by Crippen LogP contribution is -2.46. The molecule has 0 aromatic heterocycles. The van der Waals surface area contributed by atoms with E-state index >= 15 is 4.39 Å². The third-order valence-corrected chi connectivity index (χ3v) is 7.91. The number of hydrogen-bond donors (Lipinski definition) is 1. The smallest absolute Gasteiger partial charge is 0.233 e. The van der Waals surface area contributed by atoms with Crippen molar-refractivity contribution in [2.24, 2.45) is 5.41 Å². The van der Waals surface area contributed by atoms with Crippen molar-refractivity contribution in [3.8, 4) is 0 Å². The van der Waals surface area contributed by atoms with E-state index in [4.69, 9.17) is 0 Å². The van der Waals surface area contributed by atoms with E-state index in [-0.39, 0.29) is 17.1 Å². The number of piperidine rings is 1. The summed E-state index contributed by atoms with van der Waals surface area (Å²) in [5.41, 5.74) is 1.34. The van der Waals surface area contributed by atoms with Gasteiger partial charge in [-0.1, -0.05) is 6.07 Å². The minimum Gasteiger partial charge on any atom is -0.317 e. The predicted octanol–water partition coefficient (Wildman–Crippen LogP) is 3.66. The highest BCUT2D eigenvalue weighted by Crippen LogP contribution is 2.43. The molecule has 152 valence electrons. The number of amides is 1. The molecule has 3 saturated heterocycles. The number of hydrogen-bond acceptors (Lipinski definition) is 3. The zero-order valence-corrected chi connectivity index (χ0v) is 16.8. The van der Waals surface area contributed by atoms with Crippen molar-refractivity contribution < 1.29 is 9.18 Å². The van der Waals surface area contributed by atoms with Gasteiger partial charge in [-0.15, -0.1) is 0 Å². The fourth-order valence-electron chi connectivity index (χ4n) is 5.90. The normalized spacial score (nSPS) is 30.6. The summed E-state index contributed by atoms with van der Waals surface area (Å²) in [6.45, 7) is 4.96. The van der Waals surface area contributed by atoms with Crippen molar-refractivity contribution in [1.82, 2.24) is 10.2 Å². The van der Waals surface area contributed by atoms with Crippen LogP contribution in [0.3, 0.4) is 0 Å². The second kappa shape index (κ2) is 7.42. The fourth-order valence-corrected chi connectivity index (χ4v) is 5.90. The monoisotopic (exact) mass is 385 g/mol. The number of benzene rings is 1. The maximum atomic E-state index is 15.0. The molecule has 1 amide bonds. The molecule has 0 unspecified atom stereocenters. The van der Waals surface area contributed by atoms with Crippen molar-refractivity contribution in [3.63, 3.8) is 0 Å². The molecule has 4 fully saturated rings. The van der Waals surface area contributed by atoms with Gasteiger partial charge in [-0.05, 0) is 101 Å². The molecule has 5 heteroatoms. The molecular weight excluding hydrogens is 353 g/mol. The summed E-state index contributed by atoms with van der Waals surface area (Å²) in [7, 11) is 0. The van der Waals surface area contributed by atoms with Gasteiger partial charge in [0.15, 0.2) is 0 Å². The molecule has 5 rings (SSSR count). The SMILES string of the molecule is O=C1N(c2ccc([C@H]3CC[C@H](N4CCC4)CC3)cc2F)CCC12CCNCC2. The molecule has 0 bridgehead atoms. The zero-order valence-electron chi connectivity index (χ0n) is 16.8. The summed E-state index contributed by atoms with van der Waals surface area (Å²) in [6, 6.07) is 6.40. The lowest BCUT2D eigenvalue weighted by Gasteiger charge is -2.42. The molecule has 1 saturated carbocycles. The Kier molecular flexibility index (Phi) is 4.92. The van der Waals surface area contributed by atoms with Gasteiger partial charge in [0, 0.05) is 12.6 Å². The number of nitrogens with one attached hydrogen (secondary N) is 1. The van der Waals surface area contributed by atoms with E-state index < -0.39 is 0 Å². The number of rotatable bonds is 3. The van der Waals surface area contributed by atoms with E-state index in [1.54, 1.807) is 11.0 Å². The second-order valence-electron chi connectivity index (χ2n) is 9.34. The van der Waals surface area contributed by atoms with Gasteiger partial charge in [0.2, 0.25) is 5.91 Å². The van der Waals surface area contributed by atoms with Crippen molar-refractivity contribution in [2.75, 3.05) is 37.6 Å². The average Bonchev–Trinajstić information content (AvgIpc) is 2.98. The van der Waals surface area contributed by atoms with Crippen LogP contribution in [-0.2, 0) is 4.79 Å². The van der Waals surface area contributed by atoms with Crippen LogP contribution in [0, 0.1) is 11.2 Å². The van der Waals surface area contributed by atoms with E-state index in [9.17, 15) is 4.79 Å². The van der Waals surface area contributed by atoms with Gasteiger partial charge >= 0.3 is 0 Å². The summed E-state index contributed by atoms with van der Waals surface area (Å²) < 4.78 is 15.0. The molecule has 4 nitrogen and oxygen atoms in total. The number of carbonyl (C=O) groups is 1. The highest BCUT2D eigenvalue weighted by atomic mass is 19.1. The highest BCUT2D eigenvalue weighted by Gasteiger charge is 2.47. The first-order valence-electron chi connectivity index (χ1n) is 11.2. The van der Waals surface area contributed by atoms with Gasteiger partial charge in [-0.25, -0.2) is 4.39 Å². The summed E-state index contributed by atoms with van der Waals surface area (Å²) in [4.78, 5) is 17.4. The first-order valence-corrected chi connectivity index (χ1v) is 11.2. The molecule has 4 aliphatic rings. The zero-order chi connectivity index (χ0) is 19.1. The molecule has 1 aliphatic carbocycles. The molecule has 1 spiro atoms. The number of likely N-dealkylation sites (tertiary alicyclic amines) is 1. The summed E-state index contributed by atoms with van der Waals surface area (Å²) in [5.74, 6) is 0.378. The molecule has 3 heterocycles. The maximum Gasteiger partial charge on any atom is 0.233 e. The molecule has 0 atom stereocenters. The Hall–Kier alpha value is -1.46. The Bertz CT molecular complexity index is 733. The first kappa shape index (κ1) is 18.6. The van der Waals surface area contributed by atoms with Gasteiger partial charge in [0.25, 0.3) is 0 Å². The van der Waals surface area contributed by atoms with E-state index in [0.717, 1.165) is 56.8 Å². The van der Waals surface area contributed by atoms with E-state index in [1.807, 2.05) is 6.07 Å². The van der Waals surface area contributed by atoms with Crippen LogP contribution in [0.1, 0.15) is 62.8 Å². The van der Waals surface area contributed by atoms with Crippen LogP contribution in [0.2, 0.25) is 0 Å². The third-order valence-electron chi connectivity index (χ3n) is 7.91. The quantitative estimate of drug-likeness (QED) is 0.862. The summed E-state index contributed by atoms with van der Waals surface area (Å²) >= 11 is 0. The van der Waals surface area contributed by atoms with Crippen LogP contribution < -0.4 is 10.2 Å². The van der Waals surface area contributed by atoms with Gasteiger partial charge in [0.05, 0.1) is 11.1 Å². The van der Waals surface area contributed by atoms with Crippen molar-refractivity contribution in [2.45, 2.75) is 63.3 Å². The predicted molar refractivity (Wildman–Crippen MR) is 109 cm³/mol. The van der Waals surface area contributed by atoms with Crippen LogP contribution >= 0.6 is 0 Å². The largest absolute Gasteiger partial charge is 0.317 e. The molecule has 1 N–H and O–H groups in total. The van der Waals surface area contributed by atoms with Crippen molar-refractivity contribution in [1.29, 1.82) is 0 Å². The van der Waals surface area contributed by atoms with E-state index in [0.29, 0.717) is 18.2 Å². The maximum absolute atomic E-state index is 15.0. The Morgan fingerprint density at radius 3 is 2.39 bits per heavy atom. The van der Waals surface area contributed by atoms with Crippen LogP contribution in [0.15, 0.2) is 18.2 Å². The number of nitrogens with zero attached hydrogens (tertiary/aromatic N) is 2. The van der Waals surface area contributed by atoms with Crippen molar-refractivity contribution in [3.05, 3.63) is 29.6 Å². The van der Waals surface area contributed by atoms with Crippen LogP contribution in [-0.4, -0.2) is 49.6 Å². The lowest BCUT2D eigenvalue weighted by molar-refractivity contribution is -0.126.